The molecule has 1 heterocycles. The smallest absolute Gasteiger partial charge is 0.123 e. The van der Waals surface area contributed by atoms with E-state index in [1.165, 1.54) is 0 Å². The van der Waals surface area contributed by atoms with Crippen molar-refractivity contribution in [3.8, 4) is 33.8 Å². The van der Waals surface area contributed by atoms with Crippen molar-refractivity contribution < 1.29 is 10.2 Å². The number of aliphatic imine (C=N–C) groups is 1. The molecule has 0 amide bonds. The lowest BCUT2D eigenvalue weighted by Crippen LogP contribution is -2.28. The maximum atomic E-state index is 10.5. The molecule has 4 nitrogen and oxygen atoms in total. The molecule has 4 aromatic rings. The zero-order chi connectivity index (χ0) is 27.9. The number of hydrogen-bond acceptors (Lipinski definition) is 4. The van der Waals surface area contributed by atoms with E-state index < -0.39 is 0 Å². The number of aromatic hydroxyl groups is 2. The summed E-state index contributed by atoms with van der Waals surface area (Å²) < 4.78 is 0. The molecule has 5 rings (SSSR count). The summed E-state index contributed by atoms with van der Waals surface area (Å²) in [5, 5.41) is 20.8. The molecule has 0 saturated carbocycles. The van der Waals surface area contributed by atoms with Gasteiger partial charge in [-0.05, 0) is 84.7 Å². The first-order chi connectivity index (χ1) is 19.5. The third kappa shape index (κ3) is 5.97. The van der Waals surface area contributed by atoms with Crippen molar-refractivity contribution in [2.75, 3.05) is 4.90 Å². The Balaban J connectivity index is 1.37. The van der Waals surface area contributed by atoms with E-state index in [4.69, 9.17) is 0 Å². The predicted octanol–water partition coefficient (Wildman–Crippen LogP) is 8.99. The summed E-state index contributed by atoms with van der Waals surface area (Å²) in [6, 6.07) is 30.9. The molecule has 0 spiro atoms. The number of phenols is 2. The van der Waals surface area contributed by atoms with Crippen molar-refractivity contribution in [1.82, 2.24) is 0 Å². The third-order valence-corrected chi connectivity index (χ3v) is 6.86. The lowest BCUT2D eigenvalue weighted by molar-refractivity contribution is 0.477. The van der Waals surface area contributed by atoms with Crippen LogP contribution in [-0.2, 0) is 0 Å². The van der Waals surface area contributed by atoms with Crippen molar-refractivity contribution in [3.05, 3.63) is 145 Å². The predicted molar refractivity (Wildman–Crippen MR) is 167 cm³/mol. The molecule has 198 valence electrons. The van der Waals surface area contributed by atoms with E-state index >= 15 is 0 Å². The second-order valence-electron chi connectivity index (χ2n) is 9.62. The Morgan fingerprint density at radius 1 is 0.800 bits per heavy atom. The first kappa shape index (κ1) is 26.5. The van der Waals surface area contributed by atoms with Gasteiger partial charge in [0, 0.05) is 35.3 Å². The monoisotopic (exact) mass is 524 g/mol. The Kier molecular flexibility index (Phi) is 8.07. The summed E-state index contributed by atoms with van der Waals surface area (Å²) in [5.41, 5.74) is 7.42. The van der Waals surface area contributed by atoms with E-state index in [0.29, 0.717) is 0 Å². The van der Waals surface area contributed by atoms with Crippen LogP contribution < -0.4 is 4.90 Å². The number of allylic oxidation sites excluding steroid dienone is 6. The summed E-state index contributed by atoms with van der Waals surface area (Å²) in [5.74, 6) is 0.498. The zero-order valence-corrected chi connectivity index (χ0v) is 22.6. The van der Waals surface area contributed by atoms with Gasteiger partial charge in [-0.1, -0.05) is 78.9 Å². The molecule has 2 N–H and O–H groups in total. The molecule has 4 heteroatoms. The molecule has 0 bridgehead atoms. The maximum absolute atomic E-state index is 10.5. The average Bonchev–Trinajstić information content (AvgIpc) is 2.99. The van der Waals surface area contributed by atoms with Crippen LogP contribution in [0.2, 0.25) is 0 Å². The molecular weight excluding hydrogens is 492 g/mol. The molecule has 4 aromatic carbocycles. The van der Waals surface area contributed by atoms with Gasteiger partial charge in [0.15, 0.2) is 0 Å². The fourth-order valence-corrected chi connectivity index (χ4v) is 4.82. The first-order valence-corrected chi connectivity index (χ1v) is 13.4. The van der Waals surface area contributed by atoms with Crippen molar-refractivity contribution in [3.63, 3.8) is 0 Å². The minimum Gasteiger partial charge on any atom is -0.507 e. The van der Waals surface area contributed by atoms with Crippen LogP contribution >= 0.6 is 0 Å². The van der Waals surface area contributed by atoms with Crippen molar-refractivity contribution in [2.24, 2.45) is 4.99 Å². The molecule has 1 atom stereocenters. The van der Waals surface area contributed by atoms with Crippen LogP contribution in [0.4, 0.5) is 11.4 Å². The van der Waals surface area contributed by atoms with E-state index in [9.17, 15) is 10.2 Å². The Labute approximate surface area is 235 Å². The van der Waals surface area contributed by atoms with Gasteiger partial charge in [-0.2, -0.15) is 0 Å². The second-order valence-corrected chi connectivity index (χ2v) is 9.62. The zero-order valence-electron chi connectivity index (χ0n) is 22.6. The third-order valence-electron chi connectivity index (χ3n) is 6.86. The summed E-state index contributed by atoms with van der Waals surface area (Å²) in [4.78, 5) is 6.84. The lowest BCUT2D eigenvalue weighted by Gasteiger charge is -2.30. The molecule has 0 radical (unpaired) electrons. The van der Waals surface area contributed by atoms with Crippen LogP contribution in [0.3, 0.4) is 0 Å². The van der Waals surface area contributed by atoms with Gasteiger partial charge in [-0.25, -0.2) is 0 Å². The Hall–Kier alpha value is -5.09. The summed E-state index contributed by atoms with van der Waals surface area (Å²) >= 11 is 0. The number of anilines is 1. The van der Waals surface area contributed by atoms with Crippen molar-refractivity contribution in [1.29, 1.82) is 0 Å². The summed E-state index contributed by atoms with van der Waals surface area (Å²) in [6.07, 6.45) is 14.3. The van der Waals surface area contributed by atoms with Crippen LogP contribution in [0, 0.1) is 0 Å². The van der Waals surface area contributed by atoms with Gasteiger partial charge in [-0.15, -0.1) is 0 Å². The number of hydrogen-bond donors (Lipinski definition) is 2. The van der Waals surface area contributed by atoms with E-state index in [2.05, 4.69) is 41.2 Å². The standard InChI is InChI=1S/C36H32N2O2/c1-3-10-27(19-21-37-31-15-17-35(39)33(24-31)28-11-6-4-7-12-28)30-20-22-38(26(2)23-30)32-16-18-36(40)34(25-32)29-13-8-5-9-14-29/h3-26,39-40H,1-2H3/b10-3-,27-19+,37-21+. The molecule has 0 fully saturated rings. The van der Waals surface area contributed by atoms with Gasteiger partial charge in [-0.3, -0.25) is 4.99 Å². The van der Waals surface area contributed by atoms with Crippen LogP contribution in [0.5, 0.6) is 11.5 Å². The Morgan fingerprint density at radius 3 is 2.05 bits per heavy atom. The maximum Gasteiger partial charge on any atom is 0.123 e. The van der Waals surface area contributed by atoms with E-state index in [-0.39, 0.29) is 17.5 Å². The van der Waals surface area contributed by atoms with Gasteiger partial charge in [0.25, 0.3) is 0 Å². The Bertz CT molecular complexity index is 1630. The van der Waals surface area contributed by atoms with Crippen molar-refractivity contribution >= 4 is 17.6 Å². The molecule has 0 saturated heterocycles. The molecule has 40 heavy (non-hydrogen) atoms. The fraction of sp³-hybridized carbons (Fsp3) is 0.0833. The van der Waals surface area contributed by atoms with Gasteiger partial charge in [0.2, 0.25) is 0 Å². The normalized spacial score (nSPS) is 15.7. The highest BCUT2D eigenvalue weighted by Gasteiger charge is 2.17. The van der Waals surface area contributed by atoms with Crippen LogP contribution in [0.15, 0.2) is 150 Å². The minimum atomic E-state index is 0.101. The van der Waals surface area contributed by atoms with Crippen LogP contribution in [0.1, 0.15) is 13.8 Å². The van der Waals surface area contributed by atoms with Gasteiger partial charge in [0.1, 0.15) is 11.5 Å². The van der Waals surface area contributed by atoms with Crippen LogP contribution in [-0.4, -0.2) is 22.5 Å². The number of rotatable bonds is 7. The Morgan fingerprint density at radius 2 is 1.43 bits per heavy atom. The highest BCUT2D eigenvalue weighted by Crippen LogP contribution is 2.35. The largest absolute Gasteiger partial charge is 0.507 e. The van der Waals surface area contributed by atoms with E-state index in [1.54, 1.807) is 18.3 Å². The molecule has 1 aliphatic rings. The molecule has 1 unspecified atom stereocenters. The number of benzene rings is 4. The average molecular weight is 525 g/mol. The molecule has 1 aliphatic heterocycles. The van der Waals surface area contributed by atoms with E-state index in [1.807, 2.05) is 104 Å². The van der Waals surface area contributed by atoms with Crippen molar-refractivity contribution in [2.45, 2.75) is 19.9 Å². The lowest BCUT2D eigenvalue weighted by atomic mass is 9.98. The van der Waals surface area contributed by atoms with E-state index in [0.717, 1.165) is 44.8 Å². The quantitative estimate of drug-likeness (QED) is 0.187. The second kappa shape index (κ2) is 12.2. The first-order valence-electron chi connectivity index (χ1n) is 13.4. The summed E-state index contributed by atoms with van der Waals surface area (Å²) in [7, 11) is 0. The molecule has 0 aliphatic carbocycles. The highest BCUT2D eigenvalue weighted by molar-refractivity contribution is 5.81. The fourth-order valence-electron chi connectivity index (χ4n) is 4.82. The molecular formula is C36H32N2O2. The van der Waals surface area contributed by atoms with Gasteiger partial charge < -0.3 is 15.1 Å². The summed E-state index contributed by atoms with van der Waals surface area (Å²) in [6.45, 7) is 4.16. The van der Waals surface area contributed by atoms with Crippen LogP contribution in [0.25, 0.3) is 22.3 Å². The number of phenolic OH excluding ortho intramolecular Hbond substituents is 2. The highest BCUT2D eigenvalue weighted by atomic mass is 16.3. The number of nitrogens with zero attached hydrogens (tertiary/aromatic N) is 2. The SMILES string of the molecule is C\C=C/C(=C\C=N\c1ccc(O)c(-c2ccccc2)c1)C1=CC(C)N(c2ccc(O)c(-c3ccccc3)c2)C=C1. The molecule has 0 aromatic heterocycles. The topological polar surface area (TPSA) is 56.1 Å². The minimum absolute atomic E-state index is 0.101. The van der Waals surface area contributed by atoms with Gasteiger partial charge >= 0.3 is 0 Å². The van der Waals surface area contributed by atoms with Gasteiger partial charge in [0.05, 0.1) is 5.69 Å².